The monoisotopic (exact) mass is 349 g/mol. The Balaban J connectivity index is 1.67. The van der Waals surface area contributed by atoms with Gasteiger partial charge in [-0.1, -0.05) is 0 Å². The van der Waals surface area contributed by atoms with Crippen LogP contribution in [0.15, 0.2) is 17.8 Å². The minimum absolute atomic E-state index is 0.0154. The number of hydrogen-bond donors (Lipinski definition) is 1. The van der Waals surface area contributed by atoms with Crippen LogP contribution in [0.5, 0.6) is 0 Å². The van der Waals surface area contributed by atoms with Crippen LogP contribution in [0.25, 0.3) is 11.2 Å². The average Bonchev–Trinajstić information content (AvgIpc) is 3.24. The third-order valence-corrected chi connectivity index (χ3v) is 5.19. The number of imidazole rings is 1. The van der Waals surface area contributed by atoms with Gasteiger partial charge in [-0.05, 0) is 48.4 Å². The van der Waals surface area contributed by atoms with Crippen molar-refractivity contribution < 1.29 is 4.74 Å². The molecule has 1 fully saturated rings. The number of aryl methyl sites for hydroxylation is 1. The number of aromatic nitrogens is 4. The smallest absolute Gasteiger partial charge is 0.226 e. The van der Waals surface area contributed by atoms with E-state index >= 15 is 0 Å². The van der Waals surface area contributed by atoms with Crippen LogP contribution in [0.3, 0.4) is 0 Å². The molecule has 0 aromatic carbocycles. The molecule has 1 unspecified atom stereocenters. The van der Waals surface area contributed by atoms with Crippen LogP contribution in [-0.2, 0) is 11.3 Å². The first-order valence-electron chi connectivity index (χ1n) is 7.51. The standard InChI is InChI=1S/C15H16ClN5OS/c1-9-4-6-23-10(9)7-17-13-12-14(20-15(16)19-13)21(8-18-12)11-3-2-5-22-11/h4,6,8,11H,2-3,5,7H2,1H3,(H,17,19,20). The van der Waals surface area contributed by atoms with Crippen LogP contribution in [0.4, 0.5) is 5.82 Å². The Hall–Kier alpha value is -1.70. The van der Waals surface area contributed by atoms with Gasteiger partial charge in [0, 0.05) is 11.5 Å². The van der Waals surface area contributed by atoms with Crippen LogP contribution in [-0.4, -0.2) is 26.1 Å². The van der Waals surface area contributed by atoms with Crippen molar-refractivity contribution in [3.63, 3.8) is 0 Å². The Bertz CT molecular complexity index is 840. The van der Waals surface area contributed by atoms with E-state index < -0.39 is 0 Å². The number of nitrogens with one attached hydrogen (secondary N) is 1. The van der Waals surface area contributed by atoms with Gasteiger partial charge in [0.25, 0.3) is 0 Å². The Kier molecular flexibility index (Phi) is 3.92. The summed E-state index contributed by atoms with van der Waals surface area (Å²) in [4.78, 5) is 14.4. The van der Waals surface area contributed by atoms with Crippen molar-refractivity contribution in [1.82, 2.24) is 19.5 Å². The first-order valence-corrected chi connectivity index (χ1v) is 8.76. The molecule has 1 N–H and O–H groups in total. The first kappa shape index (κ1) is 14.9. The van der Waals surface area contributed by atoms with Crippen molar-refractivity contribution in [2.75, 3.05) is 11.9 Å². The van der Waals surface area contributed by atoms with Crippen molar-refractivity contribution in [3.8, 4) is 0 Å². The summed E-state index contributed by atoms with van der Waals surface area (Å²) < 4.78 is 7.66. The van der Waals surface area contributed by atoms with Gasteiger partial charge in [0.2, 0.25) is 5.28 Å². The Morgan fingerprint density at radius 3 is 3.13 bits per heavy atom. The molecular weight excluding hydrogens is 334 g/mol. The molecule has 4 heterocycles. The van der Waals surface area contributed by atoms with Gasteiger partial charge < -0.3 is 10.1 Å². The van der Waals surface area contributed by atoms with E-state index in [1.165, 1.54) is 10.4 Å². The molecule has 0 amide bonds. The molecule has 4 rings (SSSR count). The molecule has 1 atom stereocenters. The Morgan fingerprint density at radius 1 is 1.48 bits per heavy atom. The molecule has 1 saturated heterocycles. The first-order chi connectivity index (χ1) is 11.2. The van der Waals surface area contributed by atoms with E-state index in [9.17, 15) is 0 Å². The molecule has 0 spiro atoms. The molecule has 3 aromatic rings. The van der Waals surface area contributed by atoms with Gasteiger partial charge in [-0.15, -0.1) is 11.3 Å². The zero-order valence-corrected chi connectivity index (χ0v) is 14.2. The quantitative estimate of drug-likeness (QED) is 0.726. The second kappa shape index (κ2) is 6.07. The predicted molar refractivity (Wildman–Crippen MR) is 90.9 cm³/mol. The highest BCUT2D eigenvalue weighted by molar-refractivity contribution is 7.10. The molecule has 0 aliphatic carbocycles. The summed E-state index contributed by atoms with van der Waals surface area (Å²) >= 11 is 7.83. The molecular formula is C15H16ClN5OS. The Labute approximate surface area is 142 Å². The summed E-state index contributed by atoms with van der Waals surface area (Å²) in [6.45, 7) is 3.56. The molecule has 8 heteroatoms. The second-order valence-electron chi connectivity index (χ2n) is 5.51. The van der Waals surface area contributed by atoms with E-state index in [0.717, 1.165) is 25.0 Å². The van der Waals surface area contributed by atoms with Gasteiger partial charge in [-0.2, -0.15) is 9.97 Å². The van der Waals surface area contributed by atoms with Crippen molar-refractivity contribution in [2.24, 2.45) is 0 Å². The lowest BCUT2D eigenvalue weighted by atomic mass is 10.3. The third kappa shape index (κ3) is 2.80. The van der Waals surface area contributed by atoms with Gasteiger partial charge in [-0.25, -0.2) is 4.98 Å². The highest BCUT2D eigenvalue weighted by Gasteiger charge is 2.22. The molecule has 6 nitrogen and oxygen atoms in total. The third-order valence-electron chi connectivity index (χ3n) is 3.99. The number of nitrogens with zero attached hydrogens (tertiary/aromatic N) is 4. The zero-order valence-electron chi connectivity index (χ0n) is 12.6. The molecule has 0 bridgehead atoms. The fraction of sp³-hybridized carbons (Fsp3) is 0.400. The fourth-order valence-electron chi connectivity index (χ4n) is 2.75. The van der Waals surface area contributed by atoms with Crippen LogP contribution < -0.4 is 5.32 Å². The maximum atomic E-state index is 6.11. The van der Waals surface area contributed by atoms with Crippen LogP contribution in [0.2, 0.25) is 5.28 Å². The topological polar surface area (TPSA) is 64.9 Å². The lowest BCUT2D eigenvalue weighted by molar-refractivity contribution is 0.0593. The number of fused-ring (bicyclic) bond motifs is 1. The molecule has 3 aromatic heterocycles. The van der Waals surface area contributed by atoms with Crippen molar-refractivity contribution >= 4 is 39.9 Å². The SMILES string of the molecule is Cc1ccsc1CNc1nc(Cl)nc2c1ncn2C1CCCO1. The molecule has 0 saturated carbocycles. The molecule has 1 aliphatic rings. The summed E-state index contributed by atoms with van der Waals surface area (Å²) in [6.07, 6.45) is 3.75. The number of thiophene rings is 1. The molecule has 23 heavy (non-hydrogen) atoms. The number of anilines is 1. The predicted octanol–water partition coefficient (Wildman–Crippen LogP) is 3.77. The van der Waals surface area contributed by atoms with E-state index in [-0.39, 0.29) is 11.5 Å². The van der Waals surface area contributed by atoms with E-state index in [4.69, 9.17) is 16.3 Å². The average molecular weight is 350 g/mol. The number of hydrogen-bond acceptors (Lipinski definition) is 6. The number of ether oxygens (including phenoxy) is 1. The van der Waals surface area contributed by atoms with Crippen LogP contribution in [0.1, 0.15) is 29.5 Å². The van der Waals surface area contributed by atoms with Crippen molar-refractivity contribution in [3.05, 3.63) is 33.5 Å². The summed E-state index contributed by atoms with van der Waals surface area (Å²) in [5, 5.41) is 5.63. The summed E-state index contributed by atoms with van der Waals surface area (Å²) in [5.74, 6) is 0.657. The maximum absolute atomic E-state index is 6.11. The van der Waals surface area contributed by atoms with E-state index in [0.29, 0.717) is 18.0 Å². The van der Waals surface area contributed by atoms with Gasteiger partial charge in [-0.3, -0.25) is 4.57 Å². The van der Waals surface area contributed by atoms with Gasteiger partial charge in [0.1, 0.15) is 6.23 Å². The summed E-state index contributed by atoms with van der Waals surface area (Å²) in [7, 11) is 0. The second-order valence-corrected chi connectivity index (χ2v) is 6.85. The minimum atomic E-state index is -0.0154. The van der Waals surface area contributed by atoms with E-state index in [1.807, 2.05) is 4.57 Å². The highest BCUT2D eigenvalue weighted by atomic mass is 35.5. The zero-order chi connectivity index (χ0) is 15.8. The minimum Gasteiger partial charge on any atom is -0.363 e. The summed E-state index contributed by atoms with van der Waals surface area (Å²) in [6, 6.07) is 2.11. The van der Waals surface area contributed by atoms with E-state index in [1.54, 1.807) is 17.7 Å². The Morgan fingerprint density at radius 2 is 2.39 bits per heavy atom. The molecule has 0 radical (unpaired) electrons. The van der Waals surface area contributed by atoms with Gasteiger partial charge in [0.15, 0.2) is 17.0 Å². The van der Waals surface area contributed by atoms with Crippen LogP contribution >= 0.6 is 22.9 Å². The lowest BCUT2D eigenvalue weighted by Crippen LogP contribution is -2.08. The largest absolute Gasteiger partial charge is 0.363 e. The molecule has 1 aliphatic heterocycles. The van der Waals surface area contributed by atoms with E-state index in [2.05, 4.69) is 38.6 Å². The maximum Gasteiger partial charge on any atom is 0.226 e. The van der Waals surface area contributed by atoms with Gasteiger partial charge >= 0.3 is 0 Å². The van der Waals surface area contributed by atoms with Crippen molar-refractivity contribution in [2.45, 2.75) is 32.5 Å². The lowest BCUT2D eigenvalue weighted by Gasteiger charge is -2.12. The summed E-state index contributed by atoms with van der Waals surface area (Å²) in [5.41, 5.74) is 2.70. The fourth-order valence-corrected chi connectivity index (χ4v) is 3.76. The normalized spacial score (nSPS) is 17.9. The van der Waals surface area contributed by atoms with Gasteiger partial charge in [0.05, 0.1) is 12.9 Å². The van der Waals surface area contributed by atoms with Crippen LogP contribution in [0, 0.1) is 6.92 Å². The number of rotatable bonds is 4. The highest BCUT2D eigenvalue weighted by Crippen LogP contribution is 2.29. The van der Waals surface area contributed by atoms with Crippen molar-refractivity contribution in [1.29, 1.82) is 0 Å². The molecule has 120 valence electrons. The number of halogens is 1.